The van der Waals surface area contributed by atoms with Gasteiger partial charge in [0.15, 0.2) is 0 Å². The molecule has 25 heavy (non-hydrogen) atoms. The first-order valence-electron chi connectivity index (χ1n) is 8.52. The highest BCUT2D eigenvalue weighted by atomic mass is 16.2. The second-order valence-corrected chi connectivity index (χ2v) is 6.42. The molecule has 1 atom stereocenters. The van der Waals surface area contributed by atoms with Crippen molar-refractivity contribution in [1.29, 1.82) is 0 Å². The largest absolute Gasteiger partial charge is 0.343 e. The van der Waals surface area contributed by atoms with Crippen molar-refractivity contribution in [2.75, 3.05) is 19.6 Å². The Kier molecular flexibility index (Phi) is 4.83. The molecule has 132 valence electrons. The van der Waals surface area contributed by atoms with Crippen LogP contribution in [0.3, 0.4) is 0 Å². The molecule has 1 aromatic carbocycles. The van der Waals surface area contributed by atoms with Crippen molar-refractivity contribution >= 4 is 23.6 Å². The number of imide groups is 1. The summed E-state index contributed by atoms with van der Waals surface area (Å²) in [4.78, 5) is 51.7. The van der Waals surface area contributed by atoms with E-state index in [4.69, 9.17) is 0 Å². The Hall–Kier alpha value is -2.70. The Morgan fingerprint density at radius 3 is 2.16 bits per heavy atom. The predicted octanol–water partition coefficient (Wildman–Crippen LogP) is 0.800. The molecule has 1 saturated heterocycles. The summed E-state index contributed by atoms with van der Waals surface area (Å²) in [6.07, 6.45) is 3.06. The summed E-state index contributed by atoms with van der Waals surface area (Å²) in [6, 6.07) is 5.80. The monoisotopic (exact) mass is 343 g/mol. The molecule has 1 fully saturated rings. The molecule has 1 N–H and O–H groups in total. The number of nitrogens with one attached hydrogen (secondary N) is 1. The minimum atomic E-state index is -0.680. The van der Waals surface area contributed by atoms with Gasteiger partial charge in [0.2, 0.25) is 11.8 Å². The zero-order valence-corrected chi connectivity index (χ0v) is 14.2. The van der Waals surface area contributed by atoms with Crippen LogP contribution in [-0.2, 0) is 9.59 Å². The van der Waals surface area contributed by atoms with E-state index in [1.54, 1.807) is 36.1 Å². The third-order valence-corrected chi connectivity index (χ3v) is 4.60. The molecule has 0 spiro atoms. The van der Waals surface area contributed by atoms with Crippen LogP contribution < -0.4 is 5.32 Å². The van der Waals surface area contributed by atoms with E-state index < -0.39 is 23.8 Å². The highest BCUT2D eigenvalue weighted by Gasteiger charge is 2.36. The fourth-order valence-electron chi connectivity index (χ4n) is 3.26. The van der Waals surface area contributed by atoms with Gasteiger partial charge in [0.25, 0.3) is 11.8 Å². The van der Waals surface area contributed by atoms with E-state index in [-0.39, 0.29) is 12.5 Å². The molecule has 0 saturated carbocycles. The maximum absolute atomic E-state index is 12.3. The zero-order chi connectivity index (χ0) is 18.0. The Balaban J connectivity index is 1.59. The summed E-state index contributed by atoms with van der Waals surface area (Å²) in [5.41, 5.74) is 0.607. The quantitative estimate of drug-likeness (QED) is 0.819. The van der Waals surface area contributed by atoms with Gasteiger partial charge in [-0.1, -0.05) is 12.1 Å². The van der Waals surface area contributed by atoms with Gasteiger partial charge in [0.05, 0.1) is 11.1 Å². The number of carbonyl (C=O) groups is 4. The standard InChI is InChI=1S/C18H21N3O4/c1-12(16(23)20-9-5-2-6-10-20)19-15(22)11-21-17(24)13-7-3-4-8-14(13)18(21)25/h3-4,7-8,12H,2,5-6,9-11H2,1H3,(H,19,22)/t12-/m0/s1. The highest BCUT2D eigenvalue weighted by Crippen LogP contribution is 2.21. The molecule has 3 rings (SSSR count). The molecule has 1 aromatic rings. The highest BCUT2D eigenvalue weighted by molar-refractivity contribution is 6.22. The number of hydrogen-bond donors (Lipinski definition) is 1. The molecule has 2 aliphatic rings. The van der Waals surface area contributed by atoms with Crippen molar-refractivity contribution in [1.82, 2.24) is 15.1 Å². The summed E-state index contributed by atoms with van der Waals surface area (Å²) < 4.78 is 0. The Morgan fingerprint density at radius 2 is 1.60 bits per heavy atom. The number of benzene rings is 1. The predicted molar refractivity (Wildman–Crippen MR) is 89.8 cm³/mol. The lowest BCUT2D eigenvalue weighted by molar-refractivity contribution is -0.136. The molecule has 4 amide bonds. The van der Waals surface area contributed by atoms with Crippen molar-refractivity contribution < 1.29 is 19.2 Å². The minimum absolute atomic E-state index is 0.129. The molecular formula is C18H21N3O4. The normalized spacial score (nSPS) is 18.1. The molecule has 0 bridgehead atoms. The van der Waals surface area contributed by atoms with Gasteiger partial charge in [-0.15, -0.1) is 0 Å². The van der Waals surface area contributed by atoms with E-state index in [1.807, 2.05) is 0 Å². The van der Waals surface area contributed by atoms with Gasteiger partial charge in [0, 0.05) is 13.1 Å². The Labute approximate surface area is 146 Å². The first kappa shape index (κ1) is 17.1. The van der Waals surface area contributed by atoms with Crippen molar-refractivity contribution in [3.63, 3.8) is 0 Å². The molecule has 2 aliphatic heterocycles. The molecule has 0 unspecified atom stereocenters. The number of likely N-dealkylation sites (tertiary alicyclic amines) is 1. The van der Waals surface area contributed by atoms with E-state index in [9.17, 15) is 19.2 Å². The average molecular weight is 343 g/mol. The van der Waals surface area contributed by atoms with Gasteiger partial charge in [-0.2, -0.15) is 0 Å². The van der Waals surface area contributed by atoms with Crippen LogP contribution >= 0.6 is 0 Å². The maximum Gasteiger partial charge on any atom is 0.262 e. The van der Waals surface area contributed by atoms with E-state index >= 15 is 0 Å². The van der Waals surface area contributed by atoms with Crippen LogP contribution in [0, 0.1) is 0 Å². The molecule has 2 heterocycles. The van der Waals surface area contributed by atoms with Crippen molar-refractivity contribution in [3.8, 4) is 0 Å². The lowest BCUT2D eigenvalue weighted by Crippen LogP contribution is -2.51. The molecule has 0 aromatic heterocycles. The van der Waals surface area contributed by atoms with Crippen LogP contribution in [-0.4, -0.2) is 59.1 Å². The van der Waals surface area contributed by atoms with Gasteiger partial charge < -0.3 is 10.2 Å². The van der Waals surface area contributed by atoms with Crippen LogP contribution in [0.2, 0.25) is 0 Å². The van der Waals surface area contributed by atoms with Crippen molar-refractivity contribution in [2.24, 2.45) is 0 Å². The summed E-state index contributed by atoms with van der Waals surface area (Å²) in [7, 11) is 0. The van der Waals surface area contributed by atoms with Gasteiger partial charge in [-0.25, -0.2) is 0 Å². The number of hydrogen-bond acceptors (Lipinski definition) is 4. The number of rotatable bonds is 4. The van der Waals surface area contributed by atoms with Crippen LogP contribution in [0.5, 0.6) is 0 Å². The fourth-order valence-corrected chi connectivity index (χ4v) is 3.26. The number of piperidine rings is 1. The summed E-state index contributed by atoms with van der Waals surface area (Å²) >= 11 is 0. The summed E-state index contributed by atoms with van der Waals surface area (Å²) in [5.74, 6) is -1.61. The molecule has 7 heteroatoms. The van der Waals surface area contributed by atoms with E-state index in [0.29, 0.717) is 24.2 Å². The second kappa shape index (κ2) is 7.04. The SMILES string of the molecule is C[C@H](NC(=O)CN1C(=O)c2ccccc2C1=O)C(=O)N1CCCCC1. The first-order valence-corrected chi connectivity index (χ1v) is 8.52. The fraction of sp³-hybridized carbons (Fsp3) is 0.444. The van der Waals surface area contributed by atoms with Gasteiger partial charge >= 0.3 is 0 Å². The van der Waals surface area contributed by atoms with Crippen LogP contribution in [0.1, 0.15) is 46.9 Å². The van der Waals surface area contributed by atoms with Crippen molar-refractivity contribution in [3.05, 3.63) is 35.4 Å². The maximum atomic E-state index is 12.3. The van der Waals surface area contributed by atoms with Crippen LogP contribution in [0.25, 0.3) is 0 Å². The van der Waals surface area contributed by atoms with E-state index in [2.05, 4.69) is 5.32 Å². The second-order valence-electron chi connectivity index (χ2n) is 6.42. The number of amides is 4. The van der Waals surface area contributed by atoms with E-state index in [1.165, 1.54) is 0 Å². The molecular weight excluding hydrogens is 322 g/mol. The third kappa shape index (κ3) is 3.40. The first-order chi connectivity index (χ1) is 12.0. The van der Waals surface area contributed by atoms with Crippen LogP contribution in [0.4, 0.5) is 0 Å². The van der Waals surface area contributed by atoms with Gasteiger partial charge in [-0.05, 0) is 38.3 Å². The minimum Gasteiger partial charge on any atom is -0.343 e. The average Bonchev–Trinajstić information content (AvgIpc) is 2.87. The summed E-state index contributed by atoms with van der Waals surface area (Å²) in [6.45, 7) is 2.65. The number of fused-ring (bicyclic) bond motifs is 1. The number of carbonyl (C=O) groups excluding carboxylic acids is 4. The molecule has 0 radical (unpaired) electrons. The Bertz CT molecular complexity index is 690. The summed E-state index contributed by atoms with van der Waals surface area (Å²) in [5, 5.41) is 2.60. The van der Waals surface area contributed by atoms with E-state index in [0.717, 1.165) is 24.2 Å². The lowest BCUT2D eigenvalue weighted by atomic mass is 10.1. The lowest BCUT2D eigenvalue weighted by Gasteiger charge is -2.29. The zero-order valence-electron chi connectivity index (χ0n) is 14.2. The van der Waals surface area contributed by atoms with Gasteiger partial charge in [0.1, 0.15) is 12.6 Å². The Morgan fingerprint density at radius 1 is 1.04 bits per heavy atom. The number of nitrogens with zero attached hydrogens (tertiary/aromatic N) is 2. The van der Waals surface area contributed by atoms with Crippen LogP contribution in [0.15, 0.2) is 24.3 Å². The molecule has 0 aliphatic carbocycles. The van der Waals surface area contributed by atoms with Gasteiger partial charge in [-0.3, -0.25) is 24.1 Å². The smallest absolute Gasteiger partial charge is 0.262 e. The third-order valence-electron chi connectivity index (χ3n) is 4.60. The molecule has 7 nitrogen and oxygen atoms in total. The van der Waals surface area contributed by atoms with Crippen molar-refractivity contribution in [2.45, 2.75) is 32.2 Å². The topological polar surface area (TPSA) is 86.8 Å².